The minimum Gasteiger partial charge on any atom is -0.330 e. The van der Waals surface area contributed by atoms with Crippen molar-refractivity contribution in [3.05, 3.63) is 35.9 Å². The molecule has 2 rings (SSSR count). The highest BCUT2D eigenvalue weighted by atomic mass is 35.5. The summed E-state index contributed by atoms with van der Waals surface area (Å²) in [6.45, 7) is 0.450. The molecular formula is C10H13ClFN. The molecular weight excluding hydrogens is 189 g/mol. The second kappa shape index (κ2) is 3.64. The van der Waals surface area contributed by atoms with E-state index in [4.69, 9.17) is 5.73 Å². The predicted molar refractivity (Wildman–Crippen MR) is 53.6 cm³/mol. The van der Waals surface area contributed by atoms with Crippen molar-refractivity contribution in [2.75, 3.05) is 6.54 Å². The molecule has 2 N–H and O–H groups in total. The van der Waals surface area contributed by atoms with Gasteiger partial charge in [0, 0.05) is 5.92 Å². The number of hydrogen-bond donors (Lipinski definition) is 1. The molecule has 1 aliphatic rings. The molecule has 72 valence electrons. The van der Waals surface area contributed by atoms with Crippen molar-refractivity contribution in [1.29, 1.82) is 0 Å². The van der Waals surface area contributed by atoms with Gasteiger partial charge in [-0.2, -0.15) is 0 Å². The monoisotopic (exact) mass is 201 g/mol. The van der Waals surface area contributed by atoms with E-state index in [-0.39, 0.29) is 18.3 Å². The number of benzene rings is 1. The highest BCUT2D eigenvalue weighted by Crippen LogP contribution is 2.54. The molecule has 13 heavy (non-hydrogen) atoms. The van der Waals surface area contributed by atoms with Crippen LogP contribution in [0.25, 0.3) is 0 Å². The molecule has 0 spiro atoms. The molecule has 0 aliphatic heterocycles. The fraction of sp³-hybridized carbons (Fsp3) is 0.400. The third-order valence-electron chi connectivity index (χ3n) is 2.57. The summed E-state index contributed by atoms with van der Waals surface area (Å²) in [5.41, 5.74) is 5.07. The van der Waals surface area contributed by atoms with E-state index in [0.29, 0.717) is 13.0 Å². The van der Waals surface area contributed by atoms with Gasteiger partial charge in [-0.1, -0.05) is 30.3 Å². The Morgan fingerprint density at radius 1 is 1.38 bits per heavy atom. The van der Waals surface area contributed by atoms with E-state index in [1.807, 2.05) is 30.3 Å². The normalized spacial score (nSPS) is 30.8. The minimum absolute atomic E-state index is 0. The number of rotatable bonds is 2. The minimum atomic E-state index is -1.12. The van der Waals surface area contributed by atoms with Gasteiger partial charge in [-0.15, -0.1) is 12.4 Å². The first kappa shape index (κ1) is 10.5. The highest BCUT2D eigenvalue weighted by Gasteiger charge is 2.55. The Bertz CT molecular complexity index is 278. The number of nitrogens with two attached hydrogens (primary N) is 1. The van der Waals surface area contributed by atoms with E-state index in [0.717, 1.165) is 5.56 Å². The molecule has 0 amide bonds. The van der Waals surface area contributed by atoms with Crippen LogP contribution in [0.3, 0.4) is 0 Å². The molecule has 1 aromatic rings. The van der Waals surface area contributed by atoms with Gasteiger partial charge in [0.15, 0.2) is 0 Å². The first-order chi connectivity index (χ1) is 5.77. The standard InChI is InChI=1S/C10H12FN.ClH/c11-10(6-9(10)7-12)8-4-2-1-3-5-8;/h1-5,9H,6-7,12H2;1H/t9-,10-;/m0./s1. The summed E-state index contributed by atoms with van der Waals surface area (Å²) < 4.78 is 13.8. The largest absolute Gasteiger partial charge is 0.330 e. The lowest BCUT2D eigenvalue weighted by molar-refractivity contribution is 0.288. The zero-order valence-electron chi connectivity index (χ0n) is 7.24. The van der Waals surface area contributed by atoms with E-state index in [1.165, 1.54) is 0 Å². The zero-order chi connectivity index (χ0) is 8.60. The molecule has 0 unspecified atom stereocenters. The lowest BCUT2D eigenvalue weighted by atomic mass is 10.1. The first-order valence-electron chi connectivity index (χ1n) is 4.22. The highest BCUT2D eigenvalue weighted by molar-refractivity contribution is 5.85. The Hall–Kier alpha value is -0.600. The quantitative estimate of drug-likeness (QED) is 0.781. The van der Waals surface area contributed by atoms with Crippen LogP contribution in [0.1, 0.15) is 12.0 Å². The maximum absolute atomic E-state index is 13.8. The van der Waals surface area contributed by atoms with Crippen molar-refractivity contribution >= 4 is 12.4 Å². The number of halogens is 2. The van der Waals surface area contributed by atoms with Crippen LogP contribution < -0.4 is 5.73 Å². The van der Waals surface area contributed by atoms with Gasteiger partial charge in [-0.25, -0.2) is 4.39 Å². The summed E-state index contributed by atoms with van der Waals surface area (Å²) in [5.74, 6) is 0.0416. The molecule has 1 fully saturated rings. The Labute approximate surface area is 83.5 Å². The van der Waals surface area contributed by atoms with Crippen LogP contribution in [-0.4, -0.2) is 6.54 Å². The van der Waals surface area contributed by atoms with E-state index in [1.54, 1.807) is 0 Å². The van der Waals surface area contributed by atoms with Crippen LogP contribution in [0.2, 0.25) is 0 Å². The lowest BCUT2D eigenvalue weighted by Gasteiger charge is -2.05. The average Bonchev–Trinajstić information content (AvgIpc) is 2.81. The van der Waals surface area contributed by atoms with Gasteiger partial charge in [0.2, 0.25) is 0 Å². The topological polar surface area (TPSA) is 26.0 Å². The predicted octanol–water partition coefficient (Wildman–Crippen LogP) is 2.25. The smallest absolute Gasteiger partial charge is 0.140 e. The van der Waals surface area contributed by atoms with E-state index >= 15 is 0 Å². The Kier molecular flexibility index (Phi) is 2.94. The molecule has 0 aromatic heterocycles. The molecule has 1 aromatic carbocycles. The van der Waals surface area contributed by atoms with E-state index in [2.05, 4.69) is 0 Å². The van der Waals surface area contributed by atoms with Gasteiger partial charge >= 0.3 is 0 Å². The first-order valence-corrected chi connectivity index (χ1v) is 4.22. The van der Waals surface area contributed by atoms with Crippen molar-refractivity contribution in [2.45, 2.75) is 12.1 Å². The fourth-order valence-electron chi connectivity index (χ4n) is 1.64. The Morgan fingerprint density at radius 3 is 2.46 bits per heavy atom. The van der Waals surface area contributed by atoms with Crippen molar-refractivity contribution in [1.82, 2.24) is 0 Å². The number of alkyl halides is 1. The van der Waals surface area contributed by atoms with Crippen LogP contribution >= 0.6 is 12.4 Å². The molecule has 1 aliphatic carbocycles. The van der Waals surface area contributed by atoms with E-state index in [9.17, 15) is 4.39 Å². The van der Waals surface area contributed by atoms with Gasteiger partial charge in [-0.3, -0.25) is 0 Å². The van der Waals surface area contributed by atoms with Crippen molar-refractivity contribution < 1.29 is 4.39 Å². The number of hydrogen-bond acceptors (Lipinski definition) is 1. The summed E-state index contributed by atoms with van der Waals surface area (Å²) >= 11 is 0. The zero-order valence-corrected chi connectivity index (χ0v) is 8.06. The summed E-state index contributed by atoms with van der Waals surface area (Å²) in [7, 11) is 0. The summed E-state index contributed by atoms with van der Waals surface area (Å²) in [6, 6.07) is 9.28. The SMILES string of the molecule is Cl.NC[C@@H]1C[C@]1(F)c1ccccc1. The summed E-state index contributed by atoms with van der Waals surface area (Å²) in [4.78, 5) is 0. The van der Waals surface area contributed by atoms with Crippen LogP contribution in [0.5, 0.6) is 0 Å². The fourth-order valence-corrected chi connectivity index (χ4v) is 1.64. The van der Waals surface area contributed by atoms with Crippen LogP contribution in [0.15, 0.2) is 30.3 Å². The third-order valence-corrected chi connectivity index (χ3v) is 2.57. The van der Waals surface area contributed by atoms with Crippen molar-refractivity contribution in [3.8, 4) is 0 Å². The van der Waals surface area contributed by atoms with Gasteiger partial charge in [0.25, 0.3) is 0 Å². The molecule has 0 heterocycles. The Balaban J connectivity index is 0.000000845. The van der Waals surface area contributed by atoms with Crippen LogP contribution in [0.4, 0.5) is 4.39 Å². The Morgan fingerprint density at radius 2 is 2.00 bits per heavy atom. The summed E-state index contributed by atoms with van der Waals surface area (Å²) in [6.07, 6.45) is 0.591. The molecule has 0 bridgehead atoms. The molecule has 2 atom stereocenters. The third kappa shape index (κ3) is 1.69. The second-order valence-electron chi connectivity index (χ2n) is 3.37. The molecule has 3 heteroatoms. The molecule has 1 nitrogen and oxygen atoms in total. The van der Waals surface area contributed by atoms with Crippen LogP contribution in [0, 0.1) is 5.92 Å². The van der Waals surface area contributed by atoms with Gasteiger partial charge in [-0.05, 0) is 18.5 Å². The molecule has 0 radical (unpaired) electrons. The lowest BCUT2D eigenvalue weighted by Crippen LogP contribution is -2.10. The molecule has 1 saturated carbocycles. The van der Waals surface area contributed by atoms with Gasteiger partial charge in [0.1, 0.15) is 5.67 Å². The second-order valence-corrected chi connectivity index (χ2v) is 3.37. The van der Waals surface area contributed by atoms with Crippen LogP contribution in [-0.2, 0) is 5.67 Å². The van der Waals surface area contributed by atoms with Crippen molar-refractivity contribution in [3.63, 3.8) is 0 Å². The maximum atomic E-state index is 13.8. The average molecular weight is 202 g/mol. The van der Waals surface area contributed by atoms with E-state index < -0.39 is 5.67 Å². The van der Waals surface area contributed by atoms with Crippen molar-refractivity contribution in [2.24, 2.45) is 11.7 Å². The van der Waals surface area contributed by atoms with Gasteiger partial charge in [0.05, 0.1) is 0 Å². The summed E-state index contributed by atoms with van der Waals surface area (Å²) in [5, 5.41) is 0. The van der Waals surface area contributed by atoms with Gasteiger partial charge < -0.3 is 5.73 Å². The maximum Gasteiger partial charge on any atom is 0.140 e. The molecule has 0 saturated heterocycles.